The summed E-state index contributed by atoms with van der Waals surface area (Å²) in [5.41, 5.74) is 1.96. The second-order valence-electron chi connectivity index (χ2n) is 5.89. The lowest BCUT2D eigenvalue weighted by atomic mass is 10.1. The van der Waals surface area contributed by atoms with Crippen LogP contribution in [0.5, 0.6) is 0 Å². The van der Waals surface area contributed by atoms with E-state index in [2.05, 4.69) is 28.9 Å². The van der Waals surface area contributed by atoms with E-state index in [0.717, 1.165) is 4.88 Å². The Morgan fingerprint density at radius 3 is 2.64 bits per heavy atom. The molecule has 116 valence electrons. The van der Waals surface area contributed by atoms with Crippen LogP contribution in [0.3, 0.4) is 0 Å². The number of rotatable bonds is 4. The molecule has 0 radical (unpaired) electrons. The van der Waals surface area contributed by atoms with Gasteiger partial charge in [0.15, 0.2) is 0 Å². The van der Waals surface area contributed by atoms with Gasteiger partial charge >= 0.3 is 6.09 Å². The van der Waals surface area contributed by atoms with Crippen molar-refractivity contribution in [1.29, 1.82) is 0 Å². The van der Waals surface area contributed by atoms with E-state index in [4.69, 9.17) is 4.74 Å². The number of ether oxygens (including phenoxy) is 1. The van der Waals surface area contributed by atoms with Crippen LogP contribution in [0.2, 0.25) is 0 Å². The molecule has 1 N–H and O–H groups in total. The SMILES string of the molecule is CC(C)(C)OC(=O)NCC=Cc1cc(-c2ccccc2)cs1. The molecule has 0 unspecified atom stereocenters. The number of hydrogen-bond donors (Lipinski definition) is 1. The Hall–Kier alpha value is -2.07. The van der Waals surface area contributed by atoms with E-state index in [0.29, 0.717) is 6.54 Å². The molecular weight excluding hydrogens is 294 g/mol. The maximum absolute atomic E-state index is 11.5. The first-order valence-corrected chi connectivity index (χ1v) is 8.09. The van der Waals surface area contributed by atoms with Crippen molar-refractivity contribution in [2.45, 2.75) is 26.4 Å². The van der Waals surface area contributed by atoms with Gasteiger partial charge in [0.2, 0.25) is 0 Å². The van der Waals surface area contributed by atoms with E-state index >= 15 is 0 Å². The van der Waals surface area contributed by atoms with Crippen molar-refractivity contribution in [2.24, 2.45) is 0 Å². The van der Waals surface area contributed by atoms with Crippen LogP contribution in [0.25, 0.3) is 17.2 Å². The largest absolute Gasteiger partial charge is 0.444 e. The van der Waals surface area contributed by atoms with Gasteiger partial charge < -0.3 is 10.1 Å². The van der Waals surface area contributed by atoms with Crippen LogP contribution >= 0.6 is 11.3 Å². The van der Waals surface area contributed by atoms with Crippen molar-refractivity contribution in [3.05, 3.63) is 52.7 Å². The van der Waals surface area contributed by atoms with E-state index < -0.39 is 11.7 Å². The second kappa shape index (κ2) is 7.27. The zero-order valence-corrected chi connectivity index (χ0v) is 13.9. The van der Waals surface area contributed by atoms with Gasteiger partial charge in [0.25, 0.3) is 0 Å². The number of nitrogens with one attached hydrogen (secondary N) is 1. The zero-order valence-electron chi connectivity index (χ0n) is 13.1. The molecule has 2 rings (SSSR count). The quantitative estimate of drug-likeness (QED) is 0.866. The Balaban J connectivity index is 1.84. The molecule has 22 heavy (non-hydrogen) atoms. The molecule has 0 saturated heterocycles. The smallest absolute Gasteiger partial charge is 0.407 e. The van der Waals surface area contributed by atoms with E-state index in [1.807, 2.05) is 51.1 Å². The summed E-state index contributed by atoms with van der Waals surface area (Å²) in [6, 6.07) is 12.4. The first-order chi connectivity index (χ1) is 10.4. The van der Waals surface area contributed by atoms with Gasteiger partial charge in [-0.05, 0) is 49.4 Å². The van der Waals surface area contributed by atoms with Gasteiger partial charge in [-0.15, -0.1) is 11.3 Å². The third-order valence-electron chi connectivity index (χ3n) is 2.77. The Kier molecular flexibility index (Phi) is 5.39. The highest BCUT2D eigenvalue weighted by atomic mass is 32.1. The maximum Gasteiger partial charge on any atom is 0.407 e. The topological polar surface area (TPSA) is 38.3 Å². The highest BCUT2D eigenvalue weighted by Gasteiger charge is 2.14. The monoisotopic (exact) mass is 315 g/mol. The number of carbonyl (C=O) groups excluding carboxylic acids is 1. The highest BCUT2D eigenvalue weighted by Crippen LogP contribution is 2.26. The fourth-order valence-corrected chi connectivity index (χ4v) is 2.69. The lowest BCUT2D eigenvalue weighted by Crippen LogP contribution is -2.32. The molecule has 0 spiro atoms. The molecule has 0 bridgehead atoms. The lowest BCUT2D eigenvalue weighted by molar-refractivity contribution is 0.0534. The molecule has 0 atom stereocenters. The van der Waals surface area contributed by atoms with Gasteiger partial charge in [0.05, 0.1) is 0 Å². The van der Waals surface area contributed by atoms with Crippen LogP contribution in [0.15, 0.2) is 47.9 Å². The minimum atomic E-state index is -0.466. The number of thiophene rings is 1. The third kappa shape index (κ3) is 5.37. The summed E-state index contributed by atoms with van der Waals surface area (Å²) in [7, 11) is 0. The first-order valence-electron chi connectivity index (χ1n) is 7.21. The summed E-state index contributed by atoms with van der Waals surface area (Å²) in [4.78, 5) is 12.7. The number of alkyl carbamates (subject to hydrolysis) is 1. The number of benzene rings is 1. The molecule has 4 heteroatoms. The van der Waals surface area contributed by atoms with Gasteiger partial charge in [-0.25, -0.2) is 4.79 Å². The molecule has 0 aliphatic heterocycles. The van der Waals surface area contributed by atoms with Crippen LogP contribution < -0.4 is 5.32 Å². The van der Waals surface area contributed by atoms with E-state index in [9.17, 15) is 4.79 Å². The predicted octanol–water partition coefficient (Wildman–Crippen LogP) is 4.95. The van der Waals surface area contributed by atoms with Crippen molar-refractivity contribution in [1.82, 2.24) is 5.32 Å². The highest BCUT2D eigenvalue weighted by molar-refractivity contribution is 7.11. The Morgan fingerprint density at radius 1 is 1.23 bits per heavy atom. The second-order valence-corrected chi connectivity index (χ2v) is 6.83. The molecule has 0 fully saturated rings. The van der Waals surface area contributed by atoms with Gasteiger partial charge in [-0.3, -0.25) is 0 Å². The van der Waals surface area contributed by atoms with Crippen molar-refractivity contribution < 1.29 is 9.53 Å². The molecule has 1 amide bonds. The minimum Gasteiger partial charge on any atom is -0.444 e. The van der Waals surface area contributed by atoms with Gasteiger partial charge in [0, 0.05) is 11.4 Å². The summed E-state index contributed by atoms with van der Waals surface area (Å²) < 4.78 is 5.17. The summed E-state index contributed by atoms with van der Waals surface area (Å²) in [6.45, 7) is 5.99. The number of hydrogen-bond acceptors (Lipinski definition) is 3. The summed E-state index contributed by atoms with van der Waals surface area (Å²) in [5.74, 6) is 0. The summed E-state index contributed by atoms with van der Waals surface area (Å²) in [5, 5.41) is 4.84. The molecule has 1 heterocycles. The Bertz CT molecular complexity index is 639. The van der Waals surface area contributed by atoms with Crippen molar-refractivity contribution in [3.8, 4) is 11.1 Å². The fourth-order valence-electron chi connectivity index (χ4n) is 1.85. The third-order valence-corrected chi connectivity index (χ3v) is 3.67. The standard InChI is InChI=1S/C18H21NO2S/c1-18(2,3)21-17(20)19-11-7-10-16-12-15(13-22-16)14-8-5-4-6-9-14/h4-10,12-13H,11H2,1-3H3,(H,19,20). The van der Waals surface area contributed by atoms with E-state index in [1.165, 1.54) is 11.1 Å². The Labute approximate surface area is 135 Å². The molecule has 2 aromatic rings. The molecule has 0 aliphatic carbocycles. The molecule has 1 aromatic carbocycles. The molecule has 0 saturated carbocycles. The average molecular weight is 315 g/mol. The fraction of sp³-hybridized carbons (Fsp3) is 0.278. The van der Waals surface area contributed by atoms with Gasteiger partial charge in [0.1, 0.15) is 5.60 Å². The number of carbonyl (C=O) groups is 1. The van der Waals surface area contributed by atoms with E-state index in [-0.39, 0.29) is 0 Å². The van der Waals surface area contributed by atoms with Gasteiger partial charge in [-0.1, -0.05) is 36.4 Å². The van der Waals surface area contributed by atoms with Crippen molar-refractivity contribution >= 4 is 23.5 Å². The van der Waals surface area contributed by atoms with Gasteiger partial charge in [-0.2, -0.15) is 0 Å². The molecule has 3 nitrogen and oxygen atoms in total. The minimum absolute atomic E-state index is 0.395. The van der Waals surface area contributed by atoms with Crippen LogP contribution in [0.1, 0.15) is 25.6 Å². The van der Waals surface area contributed by atoms with E-state index in [1.54, 1.807) is 11.3 Å². The maximum atomic E-state index is 11.5. The van der Waals surface area contributed by atoms with Crippen LogP contribution in [-0.2, 0) is 4.74 Å². The molecule has 1 aromatic heterocycles. The predicted molar refractivity (Wildman–Crippen MR) is 93.0 cm³/mol. The normalized spacial score (nSPS) is 11.6. The molecular formula is C18H21NO2S. The van der Waals surface area contributed by atoms with Crippen LogP contribution in [0.4, 0.5) is 4.79 Å². The van der Waals surface area contributed by atoms with Crippen molar-refractivity contribution in [2.75, 3.05) is 6.54 Å². The average Bonchev–Trinajstić information content (AvgIpc) is 2.91. The number of amides is 1. The first kappa shape index (κ1) is 16.3. The summed E-state index contributed by atoms with van der Waals surface area (Å²) in [6.07, 6.45) is 3.53. The Morgan fingerprint density at radius 2 is 1.95 bits per heavy atom. The lowest BCUT2D eigenvalue weighted by Gasteiger charge is -2.19. The van der Waals surface area contributed by atoms with Crippen LogP contribution in [0, 0.1) is 0 Å². The molecule has 0 aliphatic rings. The van der Waals surface area contributed by atoms with Crippen LogP contribution in [-0.4, -0.2) is 18.2 Å². The summed E-state index contributed by atoms with van der Waals surface area (Å²) >= 11 is 1.68. The zero-order chi connectivity index (χ0) is 16.0. The van der Waals surface area contributed by atoms with Crippen molar-refractivity contribution in [3.63, 3.8) is 0 Å².